The fourth-order valence-electron chi connectivity index (χ4n) is 8.96. The molecule has 0 radical (unpaired) electrons. The molecule has 2 nitrogen and oxygen atoms in total. The van der Waals surface area contributed by atoms with Crippen molar-refractivity contribution in [2.75, 3.05) is 7.11 Å². The van der Waals surface area contributed by atoms with Crippen LogP contribution in [0.3, 0.4) is 0 Å². The van der Waals surface area contributed by atoms with E-state index in [4.69, 9.17) is 9.47 Å². The van der Waals surface area contributed by atoms with Gasteiger partial charge in [-0.1, -0.05) is 147 Å². The molecule has 0 saturated carbocycles. The Hall–Kier alpha value is -3.50. The van der Waals surface area contributed by atoms with Gasteiger partial charge in [-0.2, -0.15) is 0 Å². The van der Waals surface area contributed by atoms with Crippen molar-refractivity contribution < 1.29 is 9.47 Å². The molecule has 4 aromatic carbocycles. The predicted octanol–water partition coefficient (Wildman–Crippen LogP) is 12.5. The fraction of sp³-hybridized carbons (Fsp3) is 0.378. The first kappa shape index (κ1) is 34.4. The maximum atomic E-state index is 6.06. The van der Waals surface area contributed by atoms with Crippen molar-refractivity contribution in [2.24, 2.45) is 0 Å². The van der Waals surface area contributed by atoms with Crippen LogP contribution >= 0.6 is 0 Å². The quantitative estimate of drug-likeness (QED) is 0.142. The molecule has 0 aliphatic heterocycles. The Labute approximate surface area is 290 Å². The summed E-state index contributed by atoms with van der Waals surface area (Å²) in [7, 11) is -0.272. The number of hydrogen-bond donors (Lipinski definition) is 0. The molecule has 2 unspecified atom stereocenters. The lowest BCUT2D eigenvalue weighted by molar-refractivity contribution is -0.0149. The van der Waals surface area contributed by atoms with E-state index >= 15 is 0 Å². The molecule has 2 aliphatic carbocycles. The van der Waals surface area contributed by atoms with Crippen LogP contribution in [0.25, 0.3) is 34.4 Å². The van der Waals surface area contributed by atoms with E-state index in [0.717, 1.165) is 0 Å². The topological polar surface area (TPSA) is 18.5 Å². The molecule has 48 heavy (non-hydrogen) atoms. The number of benzene rings is 4. The average molecular weight is 655 g/mol. The van der Waals surface area contributed by atoms with Crippen molar-refractivity contribution in [3.8, 4) is 22.3 Å². The first-order chi connectivity index (χ1) is 23.1. The lowest BCUT2D eigenvalue weighted by Gasteiger charge is -2.45. The van der Waals surface area contributed by atoms with E-state index in [0.29, 0.717) is 24.3 Å². The van der Waals surface area contributed by atoms with E-state index in [1.807, 2.05) is 0 Å². The molecule has 250 valence electrons. The second kappa shape index (κ2) is 14.2. The Morgan fingerprint density at radius 2 is 1.04 bits per heavy atom. The molecule has 0 amide bonds. The van der Waals surface area contributed by atoms with E-state index in [1.165, 1.54) is 69.4 Å². The molecule has 0 aromatic heterocycles. The zero-order valence-electron chi connectivity index (χ0n) is 30.5. The number of hydrogen-bond acceptors (Lipinski definition) is 2. The van der Waals surface area contributed by atoms with Crippen LogP contribution in [0.5, 0.6) is 0 Å². The summed E-state index contributed by atoms with van der Waals surface area (Å²) >= 11 is 0. The summed E-state index contributed by atoms with van der Waals surface area (Å²) in [5.74, 6) is 0. The molecule has 0 saturated heterocycles. The third kappa shape index (κ3) is 6.58. The molecule has 4 aromatic rings. The Bertz CT molecular complexity index is 1800. The summed E-state index contributed by atoms with van der Waals surface area (Å²) < 4.78 is 11.4. The lowest BCUT2D eigenvalue weighted by atomic mass is 9.96. The maximum Gasteiger partial charge on any atom is 0.0781 e. The highest BCUT2D eigenvalue weighted by molar-refractivity contribution is 6.84. The first-order valence-electron chi connectivity index (χ1n) is 18.0. The molecular weight excluding hydrogens is 601 g/mol. The van der Waals surface area contributed by atoms with Gasteiger partial charge in [0.25, 0.3) is 0 Å². The van der Waals surface area contributed by atoms with Crippen molar-refractivity contribution in [3.05, 3.63) is 129 Å². The van der Waals surface area contributed by atoms with Crippen molar-refractivity contribution in [2.45, 2.75) is 103 Å². The van der Waals surface area contributed by atoms with Crippen molar-refractivity contribution >= 4 is 20.2 Å². The van der Waals surface area contributed by atoms with Gasteiger partial charge < -0.3 is 9.47 Å². The molecule has 6 rings (SSSR count). The SMILES string of the molecule is CCC[Si](CCC)(C1C(C)=Cc2c(-c3ccc(COC)cc3)cccc21)C1C(C)=Cc2c(-c3ccc(COC(C)(C)C)cc3)cccc21. The monoisotopic (exact) mass is 654 g/mol. The van der Waals surface area contributed by atoms with Gasteiger partial charge in [0.1, 0.15) is 0 Å². The minimum absolute atomic E-state index is 0.145. The second-order valence-corrected chi connectivity index (χ2v) is 19.8. The predicted molar refractivity (Wildman–Crippen MR) is 208 cm³/mol. The Morgan fingerprint density at radius 1 is 0.604 bits per heavy atom. The van der Waals surface area contributed by atoms with Crippen LogP contribution in [-0.2, 0) is 22.7 Å². The van der Waals surface area contributed by atoms with Crippen LogP contribution in [-0.4, -0.2) is 20.8 Å². The summed E-state index contributed by atoms with van der Waals surface area (Å²) in [6.45, 7) is 17.3. The third-order valence-corrected chi connectivity index (χ3v) is 17.3. The number of fused-ring (bicyclic) bond motifs is 2. The highest BCUT2D eigenvalue weighted by Crippen LogP contribution is 2.57. The molecule has 0 heterocycles. The van der Waals surface area contributed by atoms with Crippen LogP contribution in [0.4, 0.5) is 0 Å². The number of rotatable bonds is 12. The van der Waals surface area contributed by atoms with Gasteiger partial charge in [0.2, 0.25) is 0 Å². The summed E-state index contributed by atoms with van der Waals surface area (Å²) in [4.78, 5) is 0. The molecule has 2 aliphatic rings. The summed E-state index contributed by atoms with van der Waals surface area (Å²) in [5.41, 5.74) is 17.7. The Balaban J connectivity index is 1.42. The largest absolute Gasteiger partial charge is 0.380 e. The van der Waals surface area contributed by atoms with E-state index in [1.54, 1.807) is 29.4 Å². The second-order valence-electron chi connectivity index (χ2n) is 15.2. The molecule has 0 fully saturated rings. The Morgan fingerprint density at radius 3 is 1.44 bits per heavy atom. The smallest absolute Gasteiger partial charge is 0.0781 e. The van der Waals surface area contributed by atoms with Gasteiger partial charge in [-0.25, -0.2) is 0 Å². The van der Waals surface area contributed by atoms with E-state index < -0.39 is 8.07 Å². The minimum atomic E-state index is -2.03. The molecule has 2 atom stereocenters. The molecule has 0 bridgehead atoms. The van der Waals surface area contributed by atoms with Crippen LogP contribution in [0.1, 0.15) is 106 Å². The normalized spacial score (nSPS) is 17.2. The third-order valence-electron chi connectivity index (χ3n) is 10.6. The van der Waals surface area contributed by atoms with Crippen molar-refractivity contribution in [1.29, 1.82) is 0 Å². The Kier molecular flexibility index (Phi) is 10.1. The highest BCUT2D eigenvalue weighted by atomic mass is 28.3. The first-order valence-corrected chi connectivity index (χ1v) is 20.6. The lowest BCUT2D eigenvalue weighted by Crippen LogP contribution is -2.48. The van der Waals surface area contributed by atoms with E-state index in [2.05, 4.69) is 146 Å². The van der Waals surface area contributed by atoms with Gasteiger partial charge in [-0.15, -0.1) is 0 Å². The van der Waals surface area contributed by atoms with Gasteiger partial charge in [0.15, 0.2) is 0 Å². The molecule has 0 spiro atoms. The van der Waals surface area contributed by atoms with Crippen molar-refractivity contribution in [1.82, 2.24) is 0 Å². The van der Waals surface area contributed by atoms with Gasteiger partial charge in [-0.05, 0) is 90.3 Å². The van der Waals surface area contributed by atoms with Gasteiger partial charge >= 0.3 is 0 Å². The molecule has 3 heteroatoms. The molecule has 0 N–H and O–H groups in total. The zero-order chi connectivity index (χ0) is 34.1. The van der Waals surface area contributed by atoms with Crippen LogP contribution < -0.4 is 0 Å². The number of ether oxygens (including phenoxy) is 2. The van der Waals surface area contributed by atoms with E-state index in [9.17, 15) is 0 Å². The summed E-state index contributed by atoms with van der Waals surface area (Å²) in [6, 6.07) is 34.9. The van der Waals surface area contributed by atoms with Crippen molar-refractivity contribution in [3.63, 3.8) is 0 Å². The zero-order valence-corrected chi connectivity index (χ0v) is 31.5. The summed E-state index contributed by atoms with van der Waals surface area (Å²) in [5, 5.41) is 0. The minimum Gasteiger partial charge on any atom is -0.380 e. The molecular formula is C45H54O2Si. The van der Waals surface area contributed by atoms with Gasteiger partial charge in [0.05, 0.1) is 26.9 Å². The number of allylic oxidation sites excluding steroid dienone is 2. The summed E-state index contributed by atoms with van der Waals surface area (Å²) in [6.07, 6.45) is 7.54. The van der Waals surface area contributed by atoms with Gasteiger partial charge in [0, 0.05) is 18.2 Å². The average Bonchev–Trinajstić information content (AvgIpc) is 3.60. The maximum absolute atomic E-state index is 6.06. The highest BCUT2D eigenvalue weighted by Gasteiger charge is 2.52. The van der Waals surface area contributed by atoms with Crippen LogP contribution in [0.2, 0.25) is 12.1 Å². The van der Waals surface area contributed by atoms with Gasteiger partial charge in [-0.3, -0.25) is 0 Å². The standard InChI is InChI=1S/C45H54O2Si/c1-9-25-48(26-10-2,43-31(3)27-41-37(13-11-15-39(41)43)35-21-17-33(18-22-35)29-46-8)44-32(4)28-42-38(14-12-16-40(42)44)36-23-19-34(20-24-36)30-47-45(5,6)7/h11-24,27-28,43-44H,9-10,25-26,29-30H2,1-8H3. The van der Waals surface area contributed by atoms with Crippen LogP contribution in [0.15, 0.2) is 96.1 Å². The van der Waals surface area contributed by atoms with Crippen LogP contribution in [0, 0.1) is 0 Å². The number of methoxy groups -OCH3 is 1. The fourth-order valence-corrected chi connectivity index (χ4v) is 16.3. The van der Waals surface area contributed by atoms with E-state index in [-0.39, 0.29) is 5.60 Å².